The van der Waals surface area contributed by atoms with Gasteiger partial charge >= 0.3 is 0 Å². The molecule has 0 atom stereocenters. The summed E-state index contributed by atoms with van der Waals surface area (Å²) in [5, 5.41) is 0. The van der Waals surface area contributed by atoms with E-state index in [1.165, 1.54) is 12.3 Å². The van der Waals surface area contributed by atoms with E-state index >= 15 is 0 Å². The number of nitrogens with zero attached hydrogens (tertiary/aromatic N) is 1. The Labute approximate surface area is 92.5 Å². The van der Waals surface area contributed by atoms with Crippen molar-refractivity contribution in [2.45, 2.75) is 5.88 Å². The first-order valence-electron chi connectivity index (χ1n) is 4.56. The molecule has 2 rings (SSSR count). The third kappa shape index (κ3) is 2.34. The quantitative estimate of drug-likeness (QED) is 0.706. The minimum absolute atomic E-state index is 0.323. The second kappa shape index (κ2) is 4.41. The molecule has 0 aliphatic heterocycles. The minimum Gasteiger partial charge on any atom is -0.253 e. The van der Waals surface area contributed by atoms with Crippen LogP contribution in [-0.4, -0.2) is 4.98 Å². The predicted octanol–water partition coefficient (Wildman–Crippen LogP) is 3.63. The lowest BCUT2D eigenvalue weighted by Gasteiger charge is -2.01. The molecule has 1 aromatic heterocycles. The normalized spacial score (nSPS) is 10.3. The van der Waals surface area contributed by atoms with Gasteiger partial charge in [-0.05, 0) is 17.7 Å². The van der Waals surface area contributed by atoms with Gasteiger partial charge in [0.25, 0.3) is 0 Å². The summed E-state index contributed by atoms with van der Waals surface area (Å²) in [6, 6.07) is 10.8. The molecule has 0 aliphatic rings. The van der Waals surface area contributed by atoms with Crippen molar-refractivity contribution >= 4 is 11.6 Å². The molecule has 1 heterocycles. The zero-order chi connectivity index (χ0) is 10.7. The molecular weight excluding hydrogens is 213 g/mol. The number of alkyl halides is 1. The summed E-state index contributed by atoms with van der Waals surface area (Å²) in [5.41, 5.74) is 2.78. The Morgan fingerprint density at radius 2 is 1.80 bits per heavy atom. The van der Waals surface area contributed by atoms with Crippen LogP contribution in [-0.2, 0) is 5.88 Å². The highest BCUT2D eigenvalue weighted by Crippen LogP contribution is 2.18. The Kier molecular flexibility index (Phi) is 2.97. The molecule has 1 aromatic carbocycles. The fourth-order valence-electron chi connectivity index (χ4n) is 1.31. The van der Waals surface area contributed by atoms with Crippen LogP contribution in [0.2, 0.25) is 0 Å². The standard InChI is InChI=1S/C12H9ClFN/c13-7-9-1-3-10(4-2-9)12-6-5-11(14)8-15-12/h1-6,8H,7H2. The zero-order valence-electron chi connectivity index (χ0n) is 7.95. The van der Waals surface area contributed by atoms with Gasteiger partial charge in [0, 0.05) is 11.4 Å². The number of aromatic nitrogens is 1. The molecule has 0 bridgehead atoms. The van der Waals surface area contributed by atoms with E-state index in [1.807, 2.05) is 24.3 Å². The van der Waals surface area contributed by atoms with Crippen molar-refractivity contribution < 1.29 is 4.39 Å². The van der Waals surface area contributed by atoms with Gasteiger partial charge in [-0.2, -0.15) is 0 Å². The van der Waals surface area contributed by atoms with Gasteiger partial charge in [-0.1, -0.05) is 24.3 Å². The fraction of sp³-hybridized carbons (Fsp3) is 0.0833. The molecule has 0 radical (unpaired) electrons. The van der Waals surface area contributed by atoms with E-state index in [-0.39, 0.29) is 5.82 Å². The van der Waals surface area contributed by atoms with Crippen LogP contribution >= 0.6 is 11.6 Å². The molecule has 1 nitrogen and oxygen atoms in total. The maximum atomic E-state index is 12.6. The van der Waals surface area contributed by atoms with E-state index in [2.05, 4.69) is 4.98 Å². The predicted molar refractivity (Wildman–Crippen MR) is 59.2 cm³/mol. The Balaban J connectivity index is 2.33. The minimum atomic E-state index is -0.323. The zero-order valence-corrected chi connectivity index (χ0v) is 8.71. The van der Waals surface area contributed by atoms with E-state index in [0.717, 1.165) is 16.8 Å². The van der Waals surface area contributed by atoms with Gasteiger partial charge in [-0.3, -0.25) is 4.98 Å². The SMILES string of the molecule is Fc1ccc(-c2ccc(CCl)cc2)nc1. The van der Waals surface area contributed by atoms with Gasteiger partial charge in [-0.15, -0.1) is 11.6 Å². The van der Waals surface area contributed by atoms with Crippen LogP contribution in [0.1, 0.15) is 5.56 Å². The number of hydrogen-bond donors (Lipinski definition) is 0. The Hall–Kier alpha value is -1.41. The summed E-state index contributed by atoms with van der Waals surface area (Å²) >= 11 is 5.68. The Bertz CT molecular complexity index is 436. The smallest absolute Gasteiger partial charge is 0.141 e. The number of halogens is 2. The largest absolute Gasteiger partial charge is 0.253 e. The van der Waals surface area contributed by atoms with Crippen molar-refractivity contribution in [1.82, 2.24) is 4.98 Å². The van der Waals surface area contributed by atoms with E-state index in [9.17, 15) is 4.39 Å². The van der Waals surface area contributed by atoms with Crippen LogP contribution in [0.5, 0.6) is 0 Å². The van der Waals surface area contributed by atoms with Crippen LogP contribution < -0.4 is 0 Å². The van der Waals surface area contributed by atoms with Gasteiger partial charge in [0.05, 0.1) is 11.9 Å². The van der Waals surface area contributed by atoms with Gasteiger partial charge in [-0.25, -0.2) is 4.39 Å². The Morgan fingerprint density at radius 1 is 1.07 bits per heavy atom. The lowest BCUT2D eigenvalue weighted by molar-refractivity contribution is 0.622. The third-order valence-electron chi connectivity index (χ3n) is 2.13. The van der Waals surface area contributed by atoms with Gasteiger partial charge < -0.3 is 0 Å². The van der Waals surface area contributed by atoms with Crippen molar-refractivity contribution in [3.63, 3.8) is 0 Å². The van der Waals surface area contributed by atoms with Gasteiger partial charge in [0.15, 0.2) is 0 Å². The number of benzene rings is 1. The molecule has 0 aliphatic carbocycles. The van der Waals surface area contributed by atoms with Crippen molar-refractivity contribution in [3.8, 4) is 11.3 Å². The highest BCUT2D eigenvalue weighted by Gasteiger charge is 1.99. The van der Waals surface area contributed by atoms with Crippen LogP contribution in [0.15, 0.2) is 42.6 Å². The van der Waals surface area contributed by atoms with Crippen molar-refractivity contribution in [3.05, 3.63) is 54.0 Å². The van der Waals surface area contributed by atoms with Crippen LogP contribution in [0.3, 0.4) is 0 Å². The first-order chi connectivity index (χ1) is 7.29. The van der Waals surface area contributed by atoms with E-state index in [4.69, 9.17) is 11.6 Å². The number of pyridine rings is 1. The van der Waals surface area contributed by atoms with Gasteiger partial charge in [0.2, 0.25) is 0 Å². The first-order valence-corrected chi connectivity index (χ1v) is 5.10. The van der Waals surface area contributed by atoms with Crippen molar-refractivity contribution in [2.75, 3.05) is 0 Å². The molecule has 2 aromatic rings. The first kappa shape index (κ1) is 10.1. The van der Waals surface area contributed by atoms with Crippen LogP contribution in [0.4, 0.5) is 4.39 Å². The molecule has 3 heteroatoms. The van der Waals surface area contributed by atoms with E-state index < -0.39 is 0 Å². The second-order valence-electron chi connectivity index (χ2n) is 3.19. The monoisotopic (exact) mass is 221 g/mol. The highest BCUT2D eigenvalue weighted by atomic mass is 35.5. The lowest BCUT2D eigenvalue weighted by atomic mass is 10.1. The lowest BCUT2D eigenvalue weighted by Crippen LogP contribution is -1.85. The molecule has 76 valence electrons. The molecule has 0 spiro atoms. The molecule has 0 fully saturated rings. The molecule has 0 amide bonds. The number of hydrogen-bond acceptors (Lipinski definition) is 1. The summed E-state index contributed by atoms with van der Waals surface area (Å²) in [6.45, 7) is 0. The molecule has 0 saturated heterocycles. The molecular formula is C12H9ClFN. The Morgan fingerprint density at radius 3 is 2.33 bits per heavy atom. The molecule has 0 unspecified atom stereocenters. The van der Waals surface area contributed by atoms with Gasteiger partial charge in [0.1, 0.15) is 5.82 Å². The average Bonchev–Trinajstić information content (AvgIpc) is 2.30. The molecule has 15 heavy (non-hydrogen) atoms. The summed E-state index contributed by atoms with van der Waals surface area (Å²) < 4.78 is 12.6. The topological polar surface area (TPSA) is 12.9 Å². The summed E-state index contributed by atoms with van der Waals surface area (Å²) in [7, 11) is 0. The summed E-state index contributed by atoms with van der Waals surface area (Å²) in [6.07, 6.45) is 1.21. The van der Waals surface area contributed by atoms with Crippen molar-refractivity contribution in [2.24, 2.45) is 0 Å². The van der Waals surface area contributed by atoms with E-state index in [1.54, 1.807) is 6.07 Å². The average molecular weight is 222 g/mol. The number of rotatable bonds is 2. The van der Waals surface area contributed by atoms with E-state index in [0.29, 0.717) is 5.88 Å². The summed E-state index contributed by atoms with van der Waals surface area (Å²) in [4.78, 5) is 4.00. The maximum Gasteiger partial charge on any atom is 0.141 e. The summed E-state index contributed by atoms with van der Waals surface area (Å²) in [5.74, 6) is 0.174. The van der Waals surface area contributed by atoms with Crippen LogP contribution in [0, 0.1) is 5.82 Å². The van der Waals surface area contributed by atoms with Crippen LogP contribution in [0.25, 0.3) is 11.3 Å². The second-order valence-corrected chi connectivity index (χ2v) is 3.46. The molecule has 0 saturated carbocycles. The maximum absolute atomic E-state index is 12.6. The fourth-order valence-corrected chi connectivity index (χ4v) is 1.49. The highest BCUT2D eigenvalue weighted by molar-refractivity contribution is 6.17. The van der Waals surface area contributed by atoms with Crippen molar-refractivity contribution in [1.29, 1.82) is 0 Å². The molecule has 0 N–H and O–H groups in total. The third-order valence-corrected chi connectivity index (χ3v) is 2.44.